The number of benzene rings is 1. The highest BCUT2D eigenvalue weighted by Crippen LogP contribution is 2.27. The van der Waals surface area contributed by atoms with Crippen LogP contribution in [0.3, 0.4) is 0 Å². The fraction of sp³-hybridized carbons (Fsp3) is 0.500. The average Bonchev–Trinajstić information content (AvgIpc) is 2.47. The number of amides is 1. The summed E-state index contributed by atoms with van der Waals surface area (Å²) in [6.45, 7) is 0. The quantitative estimate of drug-likeness (QED) is 0.861. The van der Waals surface area contributed by atoms with Gasteiger partial charge in [-0.25, -0.2) is 4.79 Å². The van der Waals surface area contributed by atoms with Gasteiger partial charge in [0.15, 0.2) is 0 Å². The van der Waals surface area contributed by atoms with Crippen LogP contribution in [0, 0.1) is 5.92 Å². The van der Waals surface area contributed by atoms with Crippen LogP contribution in [0.25, 0.3) is 0 Å². The maximum Gasteiger partial charge on any atom is 0.335 e. The topological polar surface area (TPSA) is 66.4 Å². The van der Waals surface area contributed by atoms with Crippen LogP contribution in [-0.2, 0) is 4.79 Å². The molecule has 20 heavy (non-hydrogen) atoms. The van der Waals surface area contributed by atoms with E-state index in [9.17, 15) is 9.59 Å². The molecule has 1 aliphatic rings. The number of rotatable bonds is 5. The minimum Gasteiger partial charge on any atom is -0.478 e. The van der Waals surface area contributed by atoms with E-state index in [0.717, 1.165) is 6.42 Å². The molecule has 0 spiro atoms. The molecule has 0 aliphatic heterocycles. The molecule has 1 fully saturated rings. The Morgan fingerprint density at radius 2 is 1.75 bits per heavy atom. The van der Waals surface area contributed by atoms with Crippen LogP contribution in [-0.4, -0.2) is 17.0 Å². The molecule has 0 bridgehead atoms. The zero-order valence-corrected chi connectivity index (χ0v) is 11.6. The zero-order chi connectivity index (χ0) is 14.4. The van der Waals surface area contributed by atoms with Gasteiger partial charge in [-0.15, -0.1) is 0 Å². The molecule has 2 N–H and O–H groups in total. The number of carbonyl (C=O) groups excluding carboxylic acids is 1. The number of anilines is 1. The van der Waals surface area contributed by atoms with Crippen LogP contribution in [0.5, 0.6) is 0 Å². The number of hydrogen-bond acceptors (Lipinski definition) is 2. The second-order valence-electron chi connectivity index (χ2n) is 5.47. The molecular weight excluding hydrogens is 254 g/mol. The van der Waals surface area contributed by atoms with Crippen LogP contribution in [0.2, 0.25) is 0 Å². The molecule has 1 saturated carbocycles. The average molecular weight is 275 g/mol. The van der Waals surface area contributed by atoms with Crippen molar-refractivity contribution in [3.8, 4) is 0 Å². The zero-order valence-electron chi connectivity index (χ0n) is 11.6. The van der Waals surface area contributed by atoms with Crippen molar-refractivity contribution in [2.24, 2.45) is 5.92 Å². The van der Waals surface area contributed by atoms with Gasteiger partial charge in [0, 0.05) is 12.1 Å². The Bertz CT molecular complexity index is 461. The maximum absolute atomic E-state index is 11.8. The predicted octanol–water partition coefficient (Wildman–Crippen LogP) is 3.68. The third-order valence-electron chi connectivity index (χ3n) is 3.92. The van der Waals surface area contributed by atoms with E-state index in [1.54, 1.807) is 12.1 Å². The van der Waals surface area contributed by atoms with Gasteiger partial charge in [0.25, 0.3) is 0 Å². The van der Waals surface area contributed by atoms with E-state index < -0.39 is 5.97 Å². The molecule has 108 valence electrons. The lowest BCUT2D eigenvalue weighted by molar-refractivity contribution is -0.116. The van der Waals surface area contributed by atoms with Crippen LogP contribution in [0.1, 0.15) is 55.3 Å². The van der Waals surface area contributed by atoms with Crippen LogP contribution in [0.15, 0.2) is 24.3 Å². The monoisotopic (exact) mass is 275 g/mol. The van der Waals surface area contributed by atoms with Gasteiger partial charge in [0.1, 0.15) is 0 Å². The first-order valence-electron chi connectivity index (χ1n) is 7.28. The van der Waals surface area contributed by atoms with E-state index in [-0.39, 0.29) is 11.5 Å². The Labute approximate surface area is 119 Å². The lowest BCUT2D eigenvalue weighted by Crippen LogP contribution is -2.14. The van der Waals surface area contributed by atoms with Crippen molar-refractivity contribution in [2.75, 3.05) is 5.32 Å². The summed E-state index contributed by atoms with van der Waals surface area (Å²) in [5.41, 5.74) is 0.883. The molecule has 1 aromatic rings. The molecule has 0 atom stereocenters. The molecule has 0 heterocycles. The Morgan fingerprint density at radius 3 is 2.35 bits per heavy atom. The number of carbonyl (C=O) groups is 2. The second-order valence-corrected chi connectivity index (χ2v) is 5.47. The van der Waals surface area contributed by atoms with Crippen LogP contribution >= 0.6 is 0 Å². The molecule has 0 saturated heterocycles. The number of hydrogen-bond donors (Lipinski definition) is 2. The SMILES string of the molecule is O=C(CCC1CCCCC1)Nc1ccc(C(=O)O)cc1. The Kier molecular flexibility index (Phi) is 5.16. The van der Waals surface area contributed by atoms with Gasteiger partial charge in [-0.3, -0.25) is 4.79 Å². The predicted molar refractivity (Wildman–Crippen MR) is 77.8 cm³/mol. The highest BCUT2D eigenvalue weighted by molar-refractivity contribution is 5.92. The van der Waals surface area contributed by atoms with Gasteiger partial charge in [-0.2, -0.15) is 0 Å². The van der Waals surface area contributed by atoms with E-state index in [2.05, 4.69) is 5.32 Å². The number of carboxylic acid groups (broad SMARTS) is 1. The third-order valence-corrected chi connectivity index (χ3v) is 3.92. The molecule has 1 aliphatic carbocycles. The molecule has 0 aromatic heterocycles. The smallest absolute Gasteiger partial charge is 0.335 e. The standard InChI is InChI=1S/C16H21NO3/c18-15(11-6-12-4-2-1-3-5-12)17-14-9-7-13(8-10-14)16(19)20/h7-10,12H,1-6,11H2,(H,17,18)(H,19,20). The minimum absolute atomic E-state index is 0.0126. The van der Waals surface area contributed by atoms with Gasteiger partial charge < -0.3 is 10.4 Å². The van der Waals surface area contributed by atoms with E-state index in [0.29, 0.717) is 18.0 Å². The van der Waals surface area contributed by atoms with Crippen molar-refractivity contribution >= 4 is 17.6 Å². The Morgan fingerprint density at radius 1 is 1.10 bits per heavy atom. The first-order valence-corrected chi connectivity index (χ1v) is 7.28. The van der Waals surface area contributed by atoms with Crippen LogP contribution < -0.4 is 5.32 Å². The summed E-state index contributed by atoms with van der Waals surface area (Å²) < 4.78 is 0. The fourth-order valence-electron chi connectivity index (χ4n) is 2.73. The van der Waals surface area contributed by atoms with Gasteiger partial charge in [0.05, 0.1) is 5.56 Å². The number of nitrogens with one attached hydrogen (secondary N) is 1. The van der Waals surface area contributed by atoms with E-state index >= 15 is 0 Å². The summed E-state index contributed by atoms with van der Waals surface area (Å²) in [5, 5.41) is 11.6. The second kappa shape index (κ2) is 7.08. The van der Waals surface area contributed by atoms with Gasteiger partial charge in [-0.1, -0.05) is 32.1 Å². The number of carboxylic acids is 1. The Hall–Kier alpha value is -1.84. The lowest BCUT2D eigenvalue weighted by atomic mass is 9.86. The minimum atomic E-state index is -0.958. The largest absolute Gasteiger partial charge is 0.478 e. The maximum atomic E-state index is 11.8. The van der Waals surface area contributed by atoms with Gasteiger partial charge in [0.2, 0.25) is 5.91 Å². The summed E-state index contributed by atoms with van der Waals surface area (Å²) in [4.78, 5) is 22.6. The van der Waals surface area contributed by atoms with Crippen LogP contribution in [0.4, 0.5) is 5.69 Å². The van der Waals surface area contributed by atoms with Crippen molar-refractivity contribution < 1.29 is 14.7 Å². The Balaban J connectivity index is 1.77. The summed E-state index contributed by atoms with van der Waals surface area (Å²) in [6, 6.07) is 6.25. The summed E-state index contributed by atoms with van der Waals surface area (Å²) >= 11 is 0. The first-order chi connectivity index (χ1) is 9.65. The van der Waals surface area contributed by atoms with E-state index in [4.69, 9.17) is 5.11 Å². The number of aromatic carboxylic acids is 1. The first kappa shape index (κ1) is 14.6. The van der Waals surface area contributed by atoms with Gasteiger partial charge >= 0.3 is 5.97 Å². The lowest BCUT2D eigenvalue weighted by Gasteiger charge is -2.20. The van der Waals surface area contributed by atoms with Gasteiger partial charge in [-0.05, 0) is 36.6 Å². The van der Waals surface area contributed by atoms with Crippen molar-refractivity contribution in [3.63, 3.8) is 0 Å². The molecule has 1 amide bonds. The highest BCUT2D eigenvalue weighted by Gasteiger charge is 2.14. The van der Waals surface area contributed by atoms with E-state index in [1.807, 2.05) is 0 Å². The van der Waals surface area contributed by atoms with Crippen molar-refractivity contribution in [1.82, 2.24) is 0 Å². The molecule has 4 heteroatoms. The molecule has 4 nitrogen and oxygen atoms in total. The van der Waals surface area contributed by atoms with Crippen molar-refractivity contribution in [3.05, 3.63) is 29.8 Å². The highest BCUT2D eigenvalue weighted by atomic mass is 16.4. The van der Waals surface area contributed by atoms with Crippen molar-refractivity contribution in [1.29, 1.82) is 0 Å². The van der Waals surface area contributed by atoms with Crippen molar-refractivity contribution in [2.45, 2.75) is 44.9 Å². The molecule has 2 rings (SSSR count). The normalized spacial score (nSPS) is 15.8. The fourth-order valence-corrected chi connectivity index (χ4v) is 2.73. The summed E-state index contributed by atoms with van der Waals surface area (Å²) in [5.74, 6) is -0.247. The third kappa shape index (κ3) is 4.37. The summed E-state index contributed by atoms with van der Waals surface area (Å²) in [6.07, 6.45) is 7.93. The molecular formula is C16H21NO3. The molecule has 0 unspecified atom stereocenters. The van der Waals surface area contributed by atoms with E-state index in [1.165, 1.54) is 44.2 Å². The summed E-state index contributed by atoms with van der Waals surface area (Å²) in [7, 11) is 0. The molecule has 0 radical (unpaired) electrons. The molecule has 1 aromatic carbocycles.